The van der Waals surface area contributed by atoms with Crippen molar-refractivity contribution in [3.63, 3.8) is 0 Å². The molecule has 0 saturated carbocycles. The second-order valence-corrected chi connectivity index (χ2v) is 7.89. The molecule has 0 radical (unpaired) electrons. The average Bonchev–Trinajstić information content (AvgIpc) is 2.74. The van der Waals surface area contributed by atoms with Gasteiger partial charge in [0.05, 0.1) is 29.4 Å². The van der Waals surface area contributed by atoms with Crippen molar-refractivity contribution in [3.8, 4) is 0 Å². The Morgan fingerprint density at radius 1 is 1.23 bits per heavy atom. The Bertz CT molecular complexity index is 975. The van der Waals surface area contributed by atoms with E-state index in [9.17, 15) is 19.7 Å². The number of carbonyl (C=O) groups is 2. The highest BCUT2D eigenvalue weighted by Crippen LogP contribution is 2.27. The number of nitro groups is 1. The van der Waals surface area contributed by atoms with Gasteiger partial charge in [-0.2, -0.15) is 0 Å². The molecule has 0 aromatic heterocycles. The number of nitrogens with one attached hydrogen (secondary N) is 1. The number of anilines is 2. The molecule has 0 unspecified atom stereocenters. The maximum atomic E-state index is 12.7. The first-order chi connectivity index (χ1) is 14.3. The molecule has 158 valence electrons. The van der Waals surface area contributed by atoms with Gasteiger partial charge in [-0.25, -0.2) is 4.79 Å². The first-order valence-corrected chi connectivity index (χ1v) is 10.3. The van der Waals surface area contributed by atoms with Crippen molar-refractivity contribution in [1.29, 1.82) is 0 Å². The van der Waals surface area contributed by atoms with Crippen molar-refractivity contribution in [1.82, 2.24) is 0 Å². The fraction of sp³-hybridized carbons (Fsp3) is 0.300. The molecule has 1 aliphatic heterocycles. The Kier molecular flexibility index (Phi) is 7.21. The van der Waals surface area contributed by atoms with Gasteiger partial charge in [0, 0.05) is 34.5 Å². The van der Waals surface area contributed by atoms with E-state index < -0.39 is 23.4 Å². The van der Waals surface area contributed by atoms with Crippen molar-refractivity contribution in [2.45, 2.75) is 6.92 Å². The van der Waals surface area contributed by atoms with Crippen molar-refractivity contribution < 1.29 is 24.0 Å². The van der Waals surface area contributed by atoms with Crippen LogP contribution in [0.1, 0.15) is 15.9 Å². The number of ether oxygens (including phenoxy) is 2. The summed E-state index contributed by atoms with van der Waals surface area (Å²) >= 11 is 2.17. The Morgan fingerprint density at radius 2 is 1.97 bits per heavy atom. The standard InChI is InChI=1S/C20H20IN3O6/c1-13-10-14(21)2-4-17(13)22-19(25)12-30-20(26)16-11-15(24(27)28)3-5-18(16)23-6-8-29-9-7-23/h2-5,10-11H,6-9,12H2,1H3,(H,22,25). The van der Waals surface area contributed by atoms with Crippen LogP contribution in [-0.2, 0) is 14.3 Å². The minimum Gasteiger partial charge on any atom is -0.452 e. The van der Waals surface area contributed by atoms with Gasteiger partial charge in [0.1, 0.15) is 0 Å². The number of hydrogen-bond acceptors (Lipinski definition) is 7. The van der Waals surface area contributed by atoms with E-state index in [0.29, 0.717) is 37.7 Å². The van der Waals surface area contributed by atoms with Gasteiger partial charge in [-0.15, -0.1) is 0 Å². The summed E-state index contributed by atoms with van der Waals surface area (Å²) in [7, 11) is 0. The summed E-state index contributed by atoms with van der Waals surface area (Å²) in [5.41, 5.74) is 1.85. The summed E-state index contributed by atoms with van der Waals surface area (Å²) in [4.78, 5) is 37.4. The number of aryl methyl sites for hydroxylation is 1. The largest absolute Gasteiger partial charge is 0.452 e. The Morgan fingerprint density at radius 3 is 2.63 bits per heavy atom. The summed E-state index contributed by atoms with van der Waals surface area (Å²) in [5, 5.41) is 13.8. The number of rotatable bonds is 6. The average molecular weight is 525 g/mol. The number of non-ortho nitro benzene ring substituents is 1. The first-order valence-electron chi connectivity index (χ1n) is 9.19. The Hall–Kier alpha value is -2.73. The van der Waals surface area contributed by atoms with Crippen LogP contribution >= 0.6 is 22.6 Å². The van der Waals surface area contributed by atoms with Crippen molar-refractivity contribution in [2.75, 3.05) is 43.1 Å². The molecular weight excluding hydrogens is 505 g/mol. The van der Waals surface area contributed by atoms with E-state index in [1.54, 1.807) is 6.07 Å². The van der Waals surface area contributed by atoms with Crippen molar-refractivity contribution in [3.05, 3.63) is 61.2 Å². The van der Waals surface area contributed by atoms with Crippen LogP contribution in [0.5, 0.6) is 0 Å². The maximum Gasteiger partial charge on any atom is 0.341 e. The van der Waals surface area contributed by atoms with E-state index >= 15 is 0 Å². The summed E-state index contributed by atoms with van der Waals surface area (Å²) in [6, 6.07) is 9.58. The number of nitrogens with zero attached hydrogens (tertiary/aromatic N) is 2. The molecule has 30 heavy (non-hydrogen) atoms. The van der Waals surface area contributed by atoms with Gasteiger partial charge < -0.3 is 19.7 Å². The smallest absolute Gasteiger partial charge is 0.341 e. The number of hydrogen-bond donors (Lipinski definition) is 1. The lowest BCUT2D eigenvalue weighted by atomic mass is 10.1. The van der Waals surface area contributed by atoms with Gasteiger partial charge in [0.2, 0.25) is 0 Å². The van der Waals surface area contributed by atoms with Crippen molar-refractivity contribution in [2.24, 2.45) is 0 Å². The molecule has 1 amide bonds. The lowest BCUT2D eigenvalue weighted by Crippen LogP contribution is -2.37. The monoisotopic (exact) mass is 525 g/mol. The molecular formula is C20H20IN3O6. The van der Waals surface area contributed by atoms with E-state index in [1.165, 1.54) is 18.2 Å². The molecule has 0 aliphatic carbocycles. The van der Waals surface area contributed by atoms with Gasteiger partial charge in [0.15, 0.2) is 6.61 Å². The third-order valence-electron chi connectivity index (χ3n) is 4.56. The van der Waals surface area contributed by atoms with Crippen LogP contribution in [0.2, 0.25) is 0 Å². The van der Waals surface area contributed by atoms with E-state index in [0.717, 1.165) is 9.13 Å². The van der Waals surface area contributed by atoms with E-state index in [1.807, 2.05) is 24.0 Å². The topological polar surface area (TPSA) is 111 Å². The van der Waals surface area contributed by atoms with E-state index in [4.69, 9.17) is 9.47 Å². The lowest BCUT2D eigenvalue weighted by Gasteiger charge is -2.30. The molecule has 10 heteroatoms. The highest BCUT2D eigenvalue weighted by atomic mass is 127. The number of halogens is 1. The molecule has 9 nitrogen and oxygen atoms in total. The minimum atomic E-state index is -0.797. The second-order valence-electron chi connectivity index (χ2n) is 6.64. The molecule has 0 spiro atoms. The molecule has 1 aliphatic rings. The SMILES string of the molecule is Cc1cc(I)ccc1NC(=O)COC(=O)c1cc([N+](=O)[O-])ccc1N1CCOCC1. The molecule has 0 atom stereocenters. The number of amides is 1. The number of benzene rings is 2. The normalized spacial score (nSPS) is 13.6. The highest BCUT2D eigenvalue weighted by Gasteiger charge is 2.23. The molecule has 2 aromatic rings. The van der Waals surface area contributed by atoms with E-state index in [-0.39, 0.29) is 11.3 Å². The van der Waals surface area contributed by atoms with Crippen LogP contribution in [0.4, 0.5) is 17.1 Å². The molecule has 1 saturated heterocycles. The fourth-order valence-electron chi connectivity index (χ4n) is 3.04. The molecule has 3 rings (SSSR count). The summed E-state index contributed by atoms with van der Waals surface area (Å²) in [5.74, 6) is -1.29. The minimum absolute atomic E-state index is 0.0457. The van der Waals surface area contributed by atoms with Crippen LogP contribution in [0.3, 0.4) is 0 Å². The van der Waals surface area contributed by atoms with Crippen molar-refractivity contribution >= 4 is 51.5 Å². The summed E-state index contributed by atoms with van der Waals surface area (Å²) < 4.78 is 11.5. The van der Waals surface area contributed by atoms with Gasteiger partial charge in [-0.3, -0.25) is 14.9 Å². The van der Waals surface area contributed by atoms with Gasteiger partial charge in [0.25, 0.3) is 11.6 Å². The quantitative estimate of drug-likeness (QED) is 0.267. The zero-order chi connectivity index (χ0) is 21.7. The predicted molar refractivity (Wildman–Crippen MR) is 119 cm³/mol. The van der Waals surface area contributed by atoms with Crippen LogP contribution in [0, 0.1) is 20.6 Å². The molecule has 1 fully saturated rings. The molecule has 0 bridgehead atoms. The molecule has 1 heterocycles. The van der Waals surface area contributed by atoms with Crippen LogP contribution < -0.4 is 10.2 Å². The Balaban J connectivity index is 1.72. The lowest BCUT2D eigenvalue weighted by molar-refractivity contribution is -0.384. The highest BCUT2D eigenvalue weighted by molar-refractivity contribution is 14.1. The number of morpholine rings is 1. The number of esters is 1. The third-order valence-corrected chi connectivity index (χ3v) is 5.23. The van der Waals surface area contributed by atoms with E-state index in [2.05, 4.69) is 27.9 Å². The third kappa shape index (κ3) is 5.45. The maximum absolute atomic E-state index is 12.7. The summed E-state index contributed by atoms with van der Waals surface area (Å²) in [6.45, 7) is 3.43. The molecule has 2 aromatic carbocycles. The zero-order valence-electron chi connectivity index (χ0n) is 16.2. The summed E-state index contributed by atoms with van der Waals surface area (Å²) in [6.07, 6.45) is 0. The van der Waals surface area contributed by atoms with Gasteiger partial charge in [-0.05, 0) is 59.3 Å². The number of nitro benzene ring substituents is 1. The van der Waals surface area contributed by atoms with Gasteiger partial charge >= 0.3 is 5.97 Å². The van der Waals surface area contributed by atoms with Crippen LogP contribution in [-0.4, -0.2) is 49.7 Å². The zero-order valence-corrected chi connectivity index (χ0v) is 18.4. The Labute approximate surface area is 186 Å². The van der Waals surface area contributed by atoms with Crippen LogP contribution in [0.25, 0.3) is 0 Å². The van der Waals surface area contributed by atoms with Crippen LogP contribution in [0.15, 0.2) is 36.4 Å². The van der Waals surface area contributed by atoms with Gasteiger partial charge in [-0.1, -0.05) is 0 Å². The fourth-order valence-corrected chi connectivity index (χ4v) is 3.69. The molecule has 1 N–H and O–H groups in total. The second kappa shape index (κ2) is 9.85. The predicted octanol–water partition coefficient (Wildman–Crippen LogP) is 3.14. The number of carbonyl (C=O) groups excluding carboxylic acids is 2. The first kappa shape index (κ1) is 22.0.